The molecule has 86 valence electrons. The molecule has 1 unspecified atom stereocenters. The Balaban J connectivity index is 3.82. The zero-order valence-electron chi connectivity index (χ0n) is 9.89. The van der Waals surface area contributed by atoms with Crippen LogP contribution >= 0.6 is 0 Å². The molecule has 0 aliphatic heterocycles. The summed E-state index contributed by atoms with van der Waals surface area (Å²) in [6, 6.07) is 0. The average Bonchev–Trinajstić information content (AvgIpc) is 2.23. The van der Waals surface area contributed by atoms with Gasteiger partial charge in [0.15, 0.2) is 0 Å². The molecule has 0 saturated carbocycles. The van der Waals surface area contributed by atoms with Gasteiger partial charge in [-0.2, -0.15) is 0 Å². The van der Waals surface area contributed by atoms with Crippen LogP contribution in [-0.4, -0.2) is 18.3 Å². The molecule has 0 aromatic heterocycles. The molecule has 0 amide bonds. The molecule has 2 nitrogen and oxygen atoms in total. The van der Waals surface area contributed by atoms with Crippen molar-refractivity contribution in [2.24, 2.45) is 11.1 Å². The van der Waals surface area contributed by atoms with Gasteiger partial charge in [-0.25, -0.2) is 0 Å². The maximum Gasteiger partial charge on any atom is 0.0499 e. The Labute approximate surface area is 88.9 Å². The molecule has 0 fully saturated rings. The molecule has 0 bridgehead atoms. The monoisotopic (exact) mass is 201 g/mol. The molecular formula is C12H27NO. The molecule has 0 spiro atoms. The summed E-state index contributed by atoms with van der Waals surface area (Å²) < 4.78 is 0. The lowest BCUT2D eigenvalue weighted by Crippen LogP contribution is -2.34. The third kappa shape index (κ3) is 4.97. The van der Waals surface area contributed by atoms with Gasteiger partial charge in [0.25, 0.3) is 0 Å². The number of nitrogens with two attached hydrogens (primary N) is 1. The van der Waals surface area contributed by atoms with Crippen LogP contribution in [0.2, 0.25) is 0 Å². The van der Waals surface area contributed by atoms with E-state index < -0.39 is 0 Å². The summed E-state index contributed by atoms with van der Waals surface area (Å²) in [5.74, 6) is 0. The van der Waals surface area contributed by atoms with Crippen molar-refractivity contribution in [1.29, 1.82) is 0 Å². The van der Waals surface area contributed by atoms with E-state index in [0.717, 1.165) is 19.3 Å². The standard InChI is InChI=1S/C12H27NO/c1-3-5-6-7-9-12(10-13,11-14)8-4-2/h14H,3-11,13H2,1-2H3. The van der Waals surface area contributed by atoms with Crippen molar-refractivity contribution in [2.75, 3.05) is 13.2 Å². The first kappa shape index (κ1) is 13.9. The van der Waals surface area contributed by atoms with Gasteiger partial charge in [-0.3, -0.25) is 0 Å². The first-order valence-corrected chi connectivity index (χ1v) is 6.05. The summed E-state index contributed by atoms with van der Waals surface area (Å²) in [7, 11) is 0. The fourth-order valence-corrected chi connectivity index (χ4v) is 2.01. The Morgan fingerprint density at radius 2 is 1.71 bits per heavy atom. The van der Waals surface area contributed by atoms with Gasteiger partial charge in [0.2, 0.25) is 0 Å². The predicted octanol–water partition coefficient (Wildman–Crippen LogP) is 2.69. The minimum atomic E-state index is 0.0164. The predicted molar refractivity (Wildman–Crippen MR) is 62.2 cm³/mol. The van der Waals surface area contributed by atoms with E-state index >= 15 is 0 Å². The maximum absolute atomic E-state index is 9.38. The van der Waals surface area contributed by atoms with Crippen LogP contribution in [0, 0.1) is 5.41 Å². The first-order chi connectivity index (χ1) is 6.74. The highest BCUT2D eigenvalue weighted by molar-refractivity contribution is 4.79. The van der Waals surface area contributed by atoms with Gasteiger partial charge in [0.05, 0.1) is 0 Å². The second kappa shape index (κ2) is 8.25. The number of hydrogen-bond donors (Lipinski definition) is 2. The second-order valence-electron chi connectivity index (χ2n) is 4.42. The topological polar surface area (TPSA) is 46.2 Å². The summed E-state index contributed by atoms with van der Waals surface area (Å²) in [6.07, 6.45) is 8.33. The number of aliphatic hydroxyl groups excluding tert-OH is 1. The zero-order chi connectivity index (χ0) is 10.9. The van der Waals surface area contributed by atoms with E-state index in [2.05, 4.69) is 13.8 Å². The third-order valence-electron chi connectivity index (χ3n) is 3.11. The van der Waals surface area contributed by atoms with E-state index in [9.17, 15) is 5.11 Å². The fourth-order valence-electron chi connectivity index (χ4n) is 2.01. The van der Waals surface area contributed by atoms with E-state index in [1.54, 1.807) is 0 Å². The minimum absolute atomic E-state index is 0.0164. The largest absolute Gasteiger partial charge is 0.396 e. The molecule has 0 aliphatic rings. The van der Waals surface area contributed by atoms with Gasteiger partial charge < -0.3 is 10.8 Å². The molecule has 0 aromatic carbocycles. The van der Waals surface area contributed by atoms with Crippen molar-refractivity contribution in [3.8, 4) is 0 Å². The highest BCUT2D eigenvalue weighted by Gasteiger charge is 2.25. The van der Waals surface area contributed by atoms with Gasteiger partial charge in [-0.15, -0.1) is 0 Å². The van der Waals surface area contributed by atoms with E-state index in [1.807, 2.05) is 0 Å². The highest BCUT2D eigenvalue weighted by Crippen LogP contribution is 2.29. The average molecular weight is 201 g/mol. The van der Waals surface area contributed by atoms with Crippen molar-refractivity contribution in [3.63, 3.8) is 0 Å². The summed E-state index contributed by atoms with van der Waals surface area (Å²) in [6.45, 7) is 5.26. The van der Waals surface area contributed by atoms with Crippen molar-refractivity contribution in [3.05, 3.63) is 0 Å². The molecule has 0 heterocycles. The van der Waals surface area contributed by atoms with Crippen LogP contribution in [0.25, 0.3) is 0 Å². The van der Waals surface area contributed by atoms with Crippen LogP contribution in [0.3, 0.4) is 0 Å². The van der Waals surface area contributed by atoms with Gasteiger partial charge in [-0.05, 0) is 12.8 Å². The number of aliphatic hydroxyl groups is 1. The summed E-state index contributed by atoms with van der Waals surface area (Å²) >= 11 is 0. The number of rotatable bonds is 9. The minimum Gasteiger partial charge on any atom is -0.396 e. The van der Waals surface area contributed by atoms with Crippen molar-refractivity contribution in [1.82, 2.24) is 0 Å². The lowest BCUT2D eigenvalue weighted by atomic mass is 9.79. The van der Waals surface area contributed by atoms with Crippen LogP contribution < -0.4 is 5.73 Å². The van der Waals surface area contributed by atoms with Crippen LogP contribution in [0.15, 0.2) is 0 Å². The van der Waals surface area contributed by atoms with E-state index in [1.165, 1.54) is 25.7 Å². The quantitative estimate of drug-likeness (QED) is 0.563. The Morgan fingerprint density at radius 1 is 1.00 bits per heavy atom. The fraction of sp³-hybridized carbons (Fsp3) is 1.00. The molecule has 0 saturated heterocycles. The van der Waals surface area contributed by atoms with E-state index in [0.29, 0.717) is 6.54 Å². The van der Waals surface area contributed by atoms with Crippen LogP contribution in [-0.2, 0) is 0 Å². The number of unbranched alkanes of at least 4 members (excludes halogenated alkanes) is 3. The Hall–Kier alpha value is -0.0800. The van der Waals surface area contributed by atoms with Crippen LogP contribution in [0.1, 0.15) is 58.8 Å². The maximum atomic E-state index is 9.38. The highest BCUT2D eigenvalue weighted by atomic mass is 16.3. The van der Waals surface area contributed by atoms with Crippen LogP contribution in [0.4, 0.5) is 0 Å². The molecule has 0 aliphatic carbocycles. The molecule has 2 heteroatoms. The Morgan fingerprint density at radius 3 is 2.14 bits per heavy atom. The molecule has 3 N–H and O–H groups in total. The van der Waals surface area contributed by atoms with Crippen molar-refractivity contribution < 1.29 is 5.11 Å². The van der Waals surface area contributed by atoms with Gasteiger partial charge in [0.1, 0.15) is 0 Å². The van der Waals surface area contributed by atoms with Crippen LogP contribution in [0.5, 0.6) is 0 Å². The smallest absolute Gasteiger partial charge is 0.0499 e. The van der Waals surface area contributed by atoms with E-state index in [4.69, 9.17) is 5.73 Å². The molecule has 1 atom stereocenters. The molecule has 0 radical (unpaired) electrons. The van der Waals surface area contributed by atoms with E-state index in [-0.39, 0.29) is 12.0 Å². The SMILES string of the molecule is CCCCCCC(CN)(CO)CCC. The third-order valence-corrected chi connectivity index (χ3v) is 3.11. The molecule has 0 rings (SSSR count). The lowest BCUT2D eigenvalue weighted by molar-refractivity contribution is 0.108. The van der Waals surface area contributed by atoms with Gasteiger partial charge >= 0.3 is 0 Å². The Bertz CT molecular complexity index is 121. The van der Waals surface area contributed by atoms with Crippen molar-refractivity contribution >= 4 is 0 Å². The summed E-state index contributed by atoms with van der Waals surface area (Å²) in [5.41, 5.74) is 5.78. The van der Waals surface area contributed by atoms with Crippen molar-refractivity contribution in [2.45, 2.75) is 58.8 Å². The van der Waals surface area contributed by atoms with Gasteiger partial charge in [0, 0.05) is 18.6 Å². The second-order valence-corrected chi connectivity index (χ2v) is 4.42. The normalized spacial score (nSPS) is 15.4. The zero-order valence-corrected chi connectivity index (χ0v) is 9.89. The Kier molecular flexibility index (Phi) is 8.20. The molecule has 0 aromatic rings. The van der Waals surface area contributed by atoms with Gasteiger partial charge in [-0.1, -0.05) is 46.0 Å². The number of hydrogen-bond acceptors (Lipinski definition) is 2. The molecule has 14 heavy (non-hydrogen) atoms. The summed E-state index contributed by atoms with van der Waals surface area (Å²) in [4.78, 5) is 0. The lowest BCUT2D eigenvalue weighted by Gasteiger charge is -2.30. The molecular weight excluding hydrogens is 174 g/mol. The first-order valence-electron chi connectivity index (χ1n) is 6.05. The summed E-state index contributed by atoms with van der Waals surface area (Å²) in [5, 5.41) is 9.38.